The molecular weight excluding hydrogens is 405 g/mol. The number of methoxy groups -OCH3 is 1. The molecule has 2 atom stereocenters. The molecule has 0 aliphatic heterocycles. The van der Waals surface area contributed by atoms with Crippen molar-refractivity contribution in [1.82, 2.24) is 4.98 Å². The van der Waals surface area contributed by atoms with Gasteiger partial charge >= 0.3 is 6.18 Å². The summed E-state index contributed by atoms with van der Waals surface area (Å²) in [5, 5.41) is 14.9. The number of alkyl halides is 3. The Morgan fingerprint density at radius 2 is 1.87 bits per heavy atom. The number of hydrogen-bond donors (Lipinski definition) is 2. The fourth-order valence-corrected chi connectivity index (χ4v) is 4.65. The van der Waals surface area contributed by atoms with E-state index in [0.29, 0.717) is 27.9 Å². The van der Waals surface area contributed by atoms with Crippen LogP contribution in [-0.2, 0) is 5.41 Å². The summed E-state index contributed by atoms with van der Waals surface area (Å²) >= 11 is 0. The molecule has 1 aliphatic rings. The molecule has 3 aromatic rings. The number of aromatic nitrogens is 1. The molecule has 7 heteroatoms. The molecule has 0 amide bonds. The van der Waals surface area contributed by atoms with Gasteiger partial charge in [-0.15, -0.1) is 0 Å². The van der Waals surface area contributed by atoms with E-state index in [-0.39, 0.29) is 0 Å². The first-order valence-electron chi connectivity index (χ1n) is 10.1. The molecule has 0 bridgehead atoms. The van der Waals surface area contributed by atoms with Crippen LogP contribution in [0.25, 0.3) is 10.9 Å². The minimum absolute atomic E-state index is 0.368. The molecule has 0 spiro atoms. The second-order valence-electron chi connectivity index (χ2n) is 8.84. The number of halogens is 3. The van der Waals surface area contributed by atoms with E-state index in [1.54, 1.807) is 44.2 Å². The predicted molar refractivity (Wildman–Crippen MR) is 114 cm³/mol. The van der Waals surface area contributed by atoms with E-state index in [4.69, 9.17) is 4.74 Å². The highest BCUT2D eigenvalue weighted by atomic mass is 19.4. The molecule has 164 valence electrons. The molecular formula is C24H25F3N2O2. The van der Waals surface area contributed by atoms with Crippen molar-refractivity contribution in [2.75, 3.05) is 12.4 Å². The minimum Gasteiger partial charge on any atom is -0.497 e. The van der Waals surface area contributed by atoms with Crippen LogP contribution in [0.3, 0.4) is 0 Å². The first-order valence-corrected chi connectivity index (χ1v) is 10.1. The van der Waals surface area contributed by atoms with Crippen LogP contribution in [0.2, 0.25) is 0 Å². The van der Waals surface area contributed by atoms with Gasteiger partial charge in [0.1, 0.15) is 5.75 Å². The second kappa shape index (κ2) is 7.12. The average molecular weight is 430 g/mol. The second-order valence-corrected chi connectivity index (χ2v) is 8.84. The van der Waals surface area contributed by atoms with E-state index in [0.717, 1.165) is 11.3 Å². The Morgan fingerprint density at radius 1 is 1.13 bits per heavy atom. The van der Waals surface area contributed by atoms with Crippen molar-refractivity contribution in [3.05, 3.63) is 65.4 Å². The van der Waals surface area contributed by atoms with Gasteiger partial charge in [-0.3, -0.25) is 4.98 Å². The molecule has 4 nitrogen and oxygen atoms in total. The number of fused-ring (bicyclic) bond motifs is 2. The summed E-state index contributed by atoms with van der Waals surface area (Å²) in [6.45, 7) is 5.29. The number of nitrogens with one attached hydrogen (secondary N) is 1. The molecule has 2 unspecified atom stereocenters. The molecule has 1 heterocycles. The summed E-state index contributed by atoms with van der Waals surface area (Å²) in [4.78, 5) is 4.46. The molecule has 0 saturated carbocycles. The zero-order valence-corrected chi connectivity index (χ0v) is 17.8. The van der Waals surface area contributed by atoms with Crippen LogP contribution in [0.1, 0.15) is 43.1 Å². The Balaban J connectivity index is 1.93. The third-order valence-corrected chi connectivity index (χ3v) is 6.15. The minimum atomic E-state index is -4.85. The number of pyridine rings is 1. The highest BCUT2D eigenvalue weighted by molar-refractivity contribution is 5.91. The van der Waals surface area contributed by atoms with Crippen molar-refractivity contribution in [3.63, 3.8) is 0 Å². The smallest absolute Gasteiger partial charge is 0.419 e. The number of anilines is 1. The number of hydrogen-bond acceptors (Lipinski definition) is 4. The van der Waals surface area contributed by atoms with Gasteiger partial charge in [0, 0.05) is 16.8 Å². The molecule has 0 fully saturated rings. The van der Waals surface area contributed by atoms with Gasteiger partial charge in [-0.25, -0.2) is 0 Å². The van der Waals surface area contributed by atoms with E-state index >= 15 is 0 Å². The number of aryl methyl sites for hydroxylation is 1. The summed E-state index contributed by atoms with van der Waals surface area (Å²) in [5.41, 5.74) is -0.793. The van der Waals surface area contributed by atoms with E-state index in [9.17, 15) is 18.3 Å². The van der Waals surface area contributed by atoms with Crippen LogP contribution in [0.5, 0.6) is 5.75 Å². The van der Waals surface area contributed by atoms with Gasteiger partial charge in [0.2, 0.25) is 0 Å². The third kappa shape index (κ3) is 3.51. The lowest BCUT2D eigenvalue weighted by Crippen LogP contribution is -2.58. The highest BCUT2D eigenvalue weighted by Gasteiger charge is 2.63. The van der Waals surface area contributed by atoms with Crippen molar-refractivity contribution >= 4 is 16.6 Å². The molecule has 2 N–H and O–H groups in total. The standard InChI is InChI=1S/C24H25F3N2O2/c1-14-8-10-16-19(28-14)6-5-7-20(16)29-21-17-12-15(31-4)9-11-18(17)22(2,3)13-23(21,30)24(25,26)27/h5-12,21,29-30H,13H2,1-4H3. The molecule has 1 aromatic heterocycles. The lowest BCUT2D eigenvalue weighted by Gasteiger charge is -2.49. The first kappa shape index (κ1) is 21.4. The van der Waals surface area contributed by atoms with Gasteiger partial charge in [0.25, 0.3) is 0 Å². The Labute approximate surface area is 179 Å². The van der Waals surface area contributed by atoms with Gasteiger partial charge in [-0.2, -0.15) is 13.2 Å². The normalized spacial score (nSPS) is 22.8. The molecule has 1 aliphatic carbocycles. The number of nitrogens with zero attached hydrogens (tertiary/aromatic N) is 1. The molecule has 0 radical (unpaired) electrons. The Bertz CT molecular complexity index is 1140. The van der Waals surface area contributed by atoms with E-state index in [1.165, 1.54) is 7.11 Å². The molecule has 0 saturated heterocycles. The fourth-order valence-electron chi connectivity index (χ4n) is 4.65. The van der Waals surface area contributed by atoms with E-state index in [2.05, 4.69) is 10.3 Å². The quantitative estimate of drug-likeness (QED) is 0.561. The highest BCUT2D eigenvalue weighted by Crippen LogP contribution is 2.55. The summed E-state index contributed by atoms with van der Waals surface area (Å²) < 4.78 is 48.3. The third-order valence-electron chi connectivity index (χ3n) is 6.15. The first-order chi connectivity index (χ1) is 14.5. The van der Waals surface area contributed by atoms with Crippen LogP contribution >= 0.6 is 0 Å². The monoisotopic (exact) mass is 430 g/mol. The maximum atomic E-state index is 14.3. The number of benzene rings is 2. The Kier molecular flexibility index (Phi) is 4.92. The molecule has 4 rings (SSSR count). The van der Waals surface area contributed by atoms with Gasteiger partial charge < -0.3 is 15.2 Å². The largest absolute Gasteiger partial charge is 0.497 e. The topological polar surface area (TPSA) is 54.4 Å². The van der Waals surface area contributed by atoms with Crippen LogP contribution in [-0.4, -0.2) is 29.0 Å². The van der Waals surface area contributed by atoms with Gasteiger partial charge in [0.15, 0.2) is 5.60 Å². The van der Waals surface area contributed by atoms with Gasteiger partial charge in [0.05, 0.1) is 18.7 Å². The maximum absolute atomic E-state index is 14.3. The Hall–Kier alpha value is -2.80. The summed E-state index contributed by atoms with van der Waals surface area (Å²) in [7, 11) is 1.47. The maximum Gasteiger partial charge on any atom is 0.419 e. The van der Waals surface area contributed by atoms with Crippen molar-refractivity contribution in [3.8, 4) is 5.75 Å². The van der Waals surface area contributed by atoms with E-state index < -0.39 is 29.7 Å². The zero-order valence-electron chi connectivity index (χ0n) is 17.8. The lowest BCUT2D eigenvalue weighted by atomic mass is 9.63. The summed E-state index contributed by atoms with van der Waals surface area (Å²) in [6, 6.07) is 12.6. The summed E-state index contributed by atoms with van der Waals surface area (Å²) in [6.07, 6.45) is -5.31. The fraction of sp³-hybridized carbons (Fsp3) is 0.375. The van der Waals surface area contributed by atoms with Crippen molar-refractivity contribution in [1.29, 1.82) is 0 Å². The average Bonchev–Trinajstić information content (AvgIpc) is 2.69. The van der Waals surface area contributed by atoms with Gasteiger partial charge in [-0.05, 0) is 66.3 Å². The van der Waals surface area contributed by atoms with Crippen molar-refractivity contribution < 1.29 is 23.0 Å². The van der Waals surface area contributed by atoms with E-state index in [1.807, 2.05) is 25.1 Å². The zero-order chi connectivity index (χ0) is 22.6. The predicted octanol–water partition coefficient (Wildman–Crippen LogP) is 5.68. The number of aliphatic hydroxyl groups is 1. The molecule has 2 aromatic carbocycles. The molecule has 31 heavy (non-hydrogen) atoms. The number of ether oxygens (including phenoxy) is 1. The van der Waals surface area contributed by atoms with Crippen molar-refractivity contribution in [2.45, 2.75) is 50.4 Å². The lowest BCUT2D eigenvalue weighted by molar-refractivity contribution is -0.275. The Morgan fingerprint density at radius 3 is 2.55 bits per heavy atom. The SMILES string of the molecule is COc1ccc2c(c1)C(Nc1cccc3nc(C)ccc13)C(O)(C(F)(F)F)CC2(C)C. The van der Waals surface area contributed by atoms with Crippen LogP contribution < -0.4 is 10.1 Å². The van der Waals surface area contributed by atoms with Crippen LogP contribution in [0.15, 0.2) is 48.5 Å². The van der Waals surface area contributed by atoms with Gasteiger partial charge in [-0.1, -0.05) is 26.0 Å². The van der Waals surface area contributed by atoms with Crippen LogP contribution in [0.4, 0.5) is 18.9 Å². The number of rotatable bonds is 3. The summed E-state index contributed by atoms with van der Waals surface area (Å²) in [5.74, 6) is 0.433. The van der Waals surface area contributed by atoms with Crippen molar-refractivity contribution in [2.24, 2.45) is 0 Å². The van der Waals surface area contributed by atoms with Crippen LogP contribution in [0, 0.1) is 6.92 Å².